The van der Waals surface area contributed by atoms with Gasteiger partial charge in [-0.2, -0.15) is 0 Å². The van der Waals surface area contributed by atoms with Crippen LogP contribution in [0.2, 0.25) is 0 Å². The van der Waals surface area contributed by atoms with Crippen molar-refractivity contribution in [1.29, 1.82) is 0 Å². The van der Waals surface area contributed by atoms with Gasteiger partial charge < -0.3 is 5.73 Å². The van der Waals surface area contributed by atoms with Gasteiger partial charge in [-0.1, -0.05) is 0 Å². The molecule has 3 rings (SSSR count). The number of fused-ring (bicyclic) bond motifs is 1. The summed E-state index contributed by atoms with van der Waals surface area (Å²) in [4.78, 5) is 8.56. The van der Waals surface area contributed by atoms with E-state index < -0.39 is 0 Å². The van der Waals surface area contributed by atoms with Crippen LogP contribution in [0.3, 0.4) is 0 Å². The third-order valence-electron chi connectivity index (χ3n) is 2.95. The van der Waals surface area contributed by atoms with E-state index in [-0.39, 0.29) is 11.9 Å². The topological polar surface area (TPSA) is 56.7 Å². The van der Waals surface area contributed by atoms with E-state index in [1.807, 2.05) is 23.6 Å². The van der Waals surface area contributed by atoms with Gasteiger partial charge in [-0.15, -0.1) is 0 Å². The minimum absolute atomic E-state index is 0.254. The van der Waals surface area contributed by atoms with E-state index in [1.165, 1.54) is 12.1 Å². The Hall–Kier alpha value is -2.27. The lowest BCUT2D eigenvalue weighted by molar-refractivity contribution is 0.629. The number of halogens is 1. The zero-order valence-electron chi connectivity index (χ0n) is 10.4. The summed E-state index contributed by atoms with van der Waals surface area (Å²) in [6.45, 7) is 1.85. The molecule has 19 heavy (non-hydrogen) atoms. The Bertz CT molecular complexity index is 719. The standard InChI is InChI=1S/C14H13FN4/c1-9(16)14-18-12-5-4-10(15)7-13(12)19(14)11-3-2-6-17-8-11/h2-9H,16H2,1H3. The Morgan fingerprint density at radius 3 is 2.84 bits per heavy atom. The molecule has 1 atom stereocenters. The first-order chi connectivity index (χ1) is 9.16. The molecule has 1 unspecified atom stereocenters. The first kappa shape index (κ1) is 11.8. The fraction of sp³-hybridized carbons (Fsp3) is 0.143. The number of aromatic nitrogens is 3. The normalized spacial score (nSPS) is 12.8. The summed E-state index contributed by atoms with van der Waals surface area (Å²) in [5, 5.41) is 0. The number of nitrogens with two attached hydrogens (primary N) is 1. The molecule has 0 bridgehead atoms. The van der Waals surface area contributed by atoms with E-state index in [2.05, 4.69) is 9.97 Å². The van der Waals surface area contributed by atoms with Gasteiger partial charge in [0.15, 0.2) is 0 Å². The van der Waals surface area contributed by atoms with Crippen LogP contribution in [0.1, 0.15) is 18.8 Å². The molecule has 0 aliphatic carbocycles. The largest absolute Gasteiger partial charge is 0.322 e. The van der Waals surface area contributed by atoms with Crippen molar-refractivity contribution >= 4 is 11.0 Å². The van der Waals surface area contributed by atoms with Crippen LogP contribution in [0.25, 0.3) is 16.7 Å². The van der Waals surface area contributed by atoms with E-state index in [9.17, 15) is 4.39 Å². The smallest absolute Gasteiger partial charge is 0.131 e. The number of imidazole rings is 1. The predicted octanol–water partition coefficient (Wildman–Crippen LogP) is 2.58. The maximum atomic E-state index is 13.5. The lowest BCUT2D eigenvalue weighted by Gasteiger charge is -2.10. The predicted molar refractivity (Wildman–Crippen MR) is 71.4 cm³/mol. The molecule has 2 aromatic heterocycles. The minimum atomic E-state index is -0.297. The van der Waals surface area contributed by atoms with Crippen LogP contribution >= 0.6 is 0 Å². The van der Waals surface area contributed by atoms with E-state index >= 15 is 0 Å². The van der Waals surface area contributed by atoms with Crippen molar-refractivity contribution in [2.45, 2.75) is 13.0 Å². The summed E-state index contributed by atoms with van der Waals surface area (Å²) in [7, 11) is 0. The van der Waals surface area contributed by atoms with Crippen molar-refractivity contribution in [2.75, 3.05) is 0 Å². The Balaban J connectivity index is 2.36. The van der Waals surface area contributed by atoms with Crippen molar-refractivity contribution in [3.8, 4) is 5.69 Å². The summed E-state index contributed by atoms with van der Waals surface area (Å²) in [5.74, 6) is 0.391. The highest BCUT2D eigenvalue weighted by atomic mass is 19.1. The number of benzene rings is 1. The second-order valence-corrected chi connectivity index (χ2v) is 4.44. The lowest BCUT2D eigenvalue weighted by atomic mass is 10.3. The average molecular weight is 256 g/mol. The second kappa shape index (κ2) is 4.44. The molecule has 5 heteroatoms. The molecule has 0 radical (unpaired) electrons. The van der Waals surface area contributed by atoms with Gasteiger partial charge >= 0.3 is 0 Å². The molecule has 1 aromatic carbocycles. The minimum Gasteiger partial charge on any atom is -0.322 e. The number of nitrogens with zero attached hydrogens (tertiary/aromatic N) is 3. The van der Waals surface area contributed by atoms with Gasteiger partial charge in [-0.05, 0) is 31.2 Å². The third-order valence-corrected chi connectivity index (χ3v) is 2.95. The first-order valence-corrected chi connectivity index (χ1v) is 6.00. The quantitative estimate of drug-likeness (QED) is 0.766. The highest BCUT2D eigenvalue weighted by Gasteiger charge is 2.15. The van der Waals surface area contributed by atoms with Gasteiger partial charge in [-0.3, -0.25) is 9.55 Å². The summed E-state index contributed by atoms with van der Waals surface area (Å²) in [6, 6.07) is 7.98. The van der Waals surface area contributed by atoms with E-state index in [0.29, 0.717) is 11.3 Å². The van der Waals surface area contributed by atoms with Gasteiger partial charge in [0.1, 0.15) is 11.6 Å². The fourth-order valence-corrected chi connectivity index (χ4v) is 2.13. The molecule has 0 saturated carbocycles. The molecule has 96 valence electrons. The summed E-state index contributed by atoms with van der Waals surface area (Å²) in [5.41, 5.74) is 8.19. The SMILES string of the molecule is CC(N)c1nc2ccc(F)cc2n1-c1cccnc1. The van der Waals surface area contributed by atoms with Crippen LogP contribution < -0.4 is 5.73 Å². The average Bonchev–Trinajstić information content (AvgIpc) is 2.78. The molecule has 0 aliphatic heterocycles. The summed E-state index contributed by atoms with van der Waals surface area (Å²) >= 11 is 0. The van der Waals surface area contributed by atoms with Crippen LogP contribution in [0, 0.1) is 5.82 Å². The highest BCUT2D eigenvalue weighted by molar-refractivity contribution is 5.78. The maximum Gasteiger partial charge on any atom is 0.131 e. The monoisotopic (exact) mass is 256 g/mol. The molecule has 0 fully saturated rings. The van der Waals surface area contributed by atoms with Crippen LogP contribution in [0.4, 0.5) is 4.39 Å². The Morgan fingerprint density at radius 1 is 1.32 bits per heavy atom. The molecule has 0 aliphatic rings. The molecule has 3 aromatic rings. The van der Waals surface area contributed by atoms with Gasteiger partial charge in [0.2, 0.25) is 0 Å². The van der Waals surface area contributed by atoms with Crippen molar-refractivity contribution in [2.24, 2.45) is 5.73 Å². The fourth-order valence-electron chi connectivity index (χ4n) is 2.13. The second-order valence-electron chi connectivity index (χ2n) is 4.44. The van der Waals surface area contributed by atoms with Crippen molar-refractivity contribution in [1.82, 2.24) is 14.5 Å². The van der Waals surface area contributed by atoms with Crippen LogP contribution in [0.15, 0.2) is 42.7 Å². The Labute approximate surface area is 109 Å². The number of hydrogen-bond acceptors (Lipinski definition) is 3. The molecule has 4 nitrogen and oxygen atoms in total. The highest BCUT2D eigenvalue weighted by Crippen LogP contribution is 2.24. The van der Waals surface area contributed by atoms with Gasteiger partial charge in [-0.25, -0.2) is 9.37 Å². The summed E-state index contributed by atoms with van der Waals surface area (Å²) < 4.78 is 15.3. The Morgan fingerprint density at radius 2 is 2.16 bits per heavy atom. The molecule has 2 heterocycles. The molecule has 0 amide bonds. The lowest BCUT2D eigenvalue weighted by Crippen LogP contribution is -2.12. The number of pyridine rings is 1. The summed E-state index contributed by atoms with van der Waals surface area (Å²) in [6.07, 6.45) is 3.40. The van der Waals surface area contributed by atoms with Crippen LogP contribution in [-0.2, 0) is 0 Å². The molecule has 0 spiro atoms. The molecular weight excluding hydrogens is 243 g/mol. The zero-order valence-corrected chi connectivity index (χ0v) is 10.4. The van der Waals surface area contributed by atoms with Gasteiger partial charge in [0, 0.05) is 12.3 Å². The maximum absolute atomic E-state index is 13.5. The van der Waals surface area contributed by atoms with E-state index in [0.717, 1.165) is 11.2 Å². The van der Waals surface area contributed by atoms with Crippen LogP contribution in [-0.4, -0.2) is 14.5 Å². The van der Waals surface area contributed by atoms with E-state index in [1.54, 1.807) is 18.5 Å². The zero-order chi connectivity index (χ0) is 13.4. The van der Waals surface area contributed by atoms with Gasteiger partial charge in [0.05, 0.1) is 29.0 Å². The molecular formula is C14H13FN4. The molecule has 0 saturated heterocycles. The first-order valence-electron chi connectivity index (χ1n) is 6.00. The van der Waals surface area contributed by atoms with Crippen molar-refractivity contribution in [3.63, 3.8) is 0 Å². The number of rotatable bonds is 2. The van der Waals surface area contributed by atoms with Gasteiger partial charge in [0.25, 0.3) is 0 Å². The van der Waals surface area contributed by atoms with Crippen molar-refractivity contribution < 1.29 is 4.39 Å². The third kappa shape index (κ3) is 1.98. The number of hydrogen-bond donors (Lipinski definition) is 1. The van der Waals surface area contributed by atoms with E-state index in [4.69, 9.17) is 5.73 Å². The Kier molecular flexibility index (Phi) is 2.76. The molecule has 2 N–H and O–H groups in total. The van der Waals surface area contributed by atoms with Crippen LogP contribution in [0.5, 0.6) is 0 Å². The van der Waals surface area contributed by atoms with Crippen molar-refractivity contribution in [3.05, 3.63) is 54.4 Å².